The maximum atomic E-state index is 12.4. The maximum absolute atomic E-state index is 12.4. The van der Waals surface area contributed by atoms with Gasteiger partial charge in [0.25, 0.3) is 0 Å². The van der Waals surface area contributed by atoms with Crippen molar-refractivity contribution in [1.29, 1.82) is 0 Å². The molecule has 122 valence electrons. The highest BCUT2D eigenvalue weighted by Crippen LogP contribution is 2.13. The molecule has 1 atom stereocenters. The van der Waals surface area contributed by atoms with Crippen molar-refractivity contribution in [3.63, 3.8) is 0 Å². The summed E-state index contributed by atoms with van der Waals surface area (Å²) < 4.78 is 0. The van der Waals surface area contributed by atoms with Gasteiger partial charge >= 0.3 is 0 Å². The third-order valence-electron chi connectivity index (χ3n) is 3.50. The van der Waals surface area contributed by atoms with Gasteiger partial charge in [0.15, 0.2) is 0 Å². The number of benzene rings is 1. The van der Waals surface area contributed by atoms with Crippen LogP contribution in [0.4, 0.5) is 0 Å². The topological polar surface area (TPSA) is 49.4 Å². The smallest absolute Gasteiger partial charge is 0.242 e. The summed E-state index contributed by atoms with van der Waals surface area (Å²) in [6.07, 6.45) is 1.24. The molecule has 0 aliphatic carbocycles. The first-order valence-electron chi connectivity index (χ1n) is 8.00. The van der Waals surface area contributed by atoms with Crippen molar-refractivity contribution < 1.29 is 9.59 Å². The third-order valence-corrected chi connectivity index (χ3v) is 3.50. The van der Waals surface area contributed by atoms with E-state index in [1.165, 1.54) is 0 Å². The number of hydrogen-bond donors (Lipinski definition) is 1. The van der Waals surface area contributed by atoms with Crippen molar-refractivity contribution in [3.8, 4) is 0 Å². The van der Waals surface area contributed by atoms with Gasteiger partial charge in [-0.05, 0) is 39.7 Å². The Morgan fingerprint density at radius 2 is 1.91 bits per heavy atom. The van der Waals surface area contributed by atoms with E-state index in [2.05, 4.69) is 11.4 Å². The second-order valence-corrected chi connectivity index (χ2v) is 6.10. The molecular weight excluding hydrogens is 276 g/mol. The summed E-state index contributed by atoms with van der Waals surface area (Å²) in [7, 11) is 0. The lowest BCUT2D eigenvalue weighted by atomic mass is 10.1. The zero-order valence-corrected chi connectivity index (χ0v) is 14.3. The summed E-state index contributed by atoms with van der Waals surface area (Å²) in [4.78, 5) is 26.3. The van der Waals surface area contributed by atoms with E-state index in [1.54, 1.807) is 11.8 Å². The van der Waals surface area contributed by atoms with Gasteiger partial charge in [-0.1, -0.05) is 36.8 Å². The largest absolute Gasteiger partial charge is 0.352 e. The molecule has 2 amide bonds. The van der Waals surface area contributed by atoms with Crippen molar-refractivity contribution in [2.75, 3.05) is 0 Å². The van der Waals surface area contributed by atoms with E-state index in [0.717, 1.165) is 17.5 Å². The van der Waals surface area contributed by atoms with E-state index in [1.807, 2.05) is 45.9 Å². The van der Waals surface area contributed by atoms with Gasteiger partial charge < -0.3 is 10.2 Å². The van der Waals surface area contributed by atoms with Gasteiger partial charge in [-0.15, -0.1) is 0 Å². The fraction of sp³-hybridized carbons (Fsp3) is 0.556. The van der Waals surface area contributed by atoms with Crippen molar-refractivity contribution in [2.24, 2.45) is 0 Å². The molecule has 1 N–H and O–H groups in total. The Hall–Kier alpha value is -1.84. The average Bonchev–Trinajstić information content (AvgIpc) is 2.43. The van der Waals surface area contributed by atoms with Crippen LogP contribution in [0.15, 0.2) is 24.3 Å². The van der Waals surface area contributed by atoms with E-state index < -0.39 is 6.04 Å². The van der Waals surface area contributed by atoms with Crippen LogP contribution in [0.5, 0.6) is 0 Å². The quantitative estimate of drug-likeness (QED) is 0.841. The number of nitrogens with one attached hydrogen (secondary N) is 1. The van der Waals surface area contributed by atoms with Crippen LogP contribution in [-0.2, 0) is 16.1 Å². The highest BCUT2D eigenvalue weighted by atomic mass is 16.2. The second kappa shape index (κ2) is 8.57. The summed E-state index contributed by atoms with van der Waals surface area (Å²) >= 11 is 0. The van der Waals surface area contributed by atoms with E-state index >= 15 is 0 Å². The SMILES string of the molecule is CCCC(=O)N(Cc1cccc(C)c1)[C@H](C)C(=O)NC(C)C. The molecule has 0 bridgehead atoms. The summed E-state index contributed by atoms with van der Waals surface area (Å²) in [5, 5.41) is 2.88. The average molecular weight is 304 g/mol. The first kappa shape index (κ1) is 18.2. The van der Waals surface area contributed by atoms with Gasteiger partial charge in [-0.3, -0.25) is 9.59 Å². The monoisotopic (exact) mass is 304 g/mol. The van der Waals surface area contributed by atoms with Gasteiger partial charge in [-0.2, -0.15) is 0 Å². The standard InChI is InChI=1S/C18H28N2O2/c1-6-8-17(21)20(15(5)18(22)19-13(2)3)12-16-10-7-9-14(4)11-16/h7,9-11,13,15H,6,8,12H2,1-5H3,(H,19,22)/t15-/m1/s1. The normalized spacial score (nSPS) is 12.1. The Morgan fingerprint density at radius 3 is 2.45 bits per heavy atom. The van der Waals surface area contributed by atoms with Crippen molar-refractivity contribution in [3.05, 3.63) is 35.4 Å². The van der Waals surface area contributed by atoms with Crippen molar-refractivity contribution in [1.82, 2.24) is 10.2 Å². The van der Waals surface area contributed by atoms with E-state index in [-0.39, 0.29) is 17.9 Å². The van der Waals surface area contributed by atoms with Crippen LogP contribution in [0.2, 0.25) is 0 Å². The second-order valence-electron chi connectivity index (χ2n) is 6.10. The van der Waals surface area contributed by atoms with Gasteiger partial charge in [0.2, 0.25) is 11.8 Å². The van der Waals surface area contributed by atoms with Crippen LogP contribution in [0.3, 0.4) is 0 Å². The van der Waals surface area contributed by atoms with Gasteiger partial charge in [0.1, 0.15) is 6.04 Å². The summed E-state index contributed by atoms with van der Waals surface area (Å²) in [6, 6.07) is 7.65. The number of nitrogens with zero attached hydrogens (tertiary/aromatic N) is 1. The molecule has 0 saturated carbocycles. The Bertz CT molecular complexity index is 512. The highest BCUT2D eigenvalue weighted by molar-refractivity contribution is 5.87. The van der Waals surface area contributed by atoms with Crippen LogP contribution in [0.25, 0.3) is 0 Å². The molecule has 0 spiro atoms. The van der Waals surface area contributed by atoms with Crippen LogP contribution in [0, 0.1) is 6.92 Å². The summed E-state index contributed by atoms with van der Waals surface area (Å²) in [6.45, 7) is 10.1. The fourth-order valence-electron chi connectivity index (χ4n) is 2.35. The number of rotatable bonds is 7. The fourth-order valence-corrected chi connectivity index (χ4v) is 2.35. The minimum Gasteiger partial charge on any atom is -0.352 e. The first-order chi connectivity index (χ1) is 10.3. The van der Waals surface area contributed by atoms with Gasteiger partial charge in [-0.25, -0.2) is 0 Å². The summed E-state index contributed by atoms with van der Waals surface area (Å²) in [5.41, 5.74) is 2.20. The molecule has 0 unspecified atom stereocenters. The molecule has 0 aliphatic rings. The lowest BCUT2D eigenvalue weighted by Crippen LogP contribution is -2.49. The Kier molecular flexibility index (Phi) is 7.09. The van der Waals surface area contributed by atoms with Crippen molar-refractivity contribution in [2.45, 2.75) is 66.1 Å². The predicted molar refractivity (Wildman–Crippen MR) is 89.4 cm³/mol. The minimum absolute atomic E-state index is 0.0235. The van der Waals surface area contributed by atoms with Crippen LogP contribution in [-0.4, -0.2) is 28.8 Å². The number of aryl methyl sites for hydroxylation is 1. The lowest BCUT2D eigenvalue weighted by Gasteiger charge is -2.29. The zero-order valence-electron chi connectivity index (χ0n) is 14.3. The molecule has 0 aromatic heterocycles. The molecule has 0 saturated heterocycles. The predicted octanol–water partition coefficient (Wildman–Crippen LogP) is 3.04. The Morgan fingerprint density at radius 1 is 1.23 bits per heavy atom. The number of carbonyl (C=O) groups is 2. The molecule has 1 rings (SSSR count). The highest BCUT2D eigenvalue weighted by Gasteiger charge is 2.25. The van der Waals surface area contributed by atoms with Crippen LogP contribution < -0.4 is 5.32 Å². The molecule has 0 radical (unpaired) electrons. The molecule has 0 fully saturated rings. The Labute approximate surface area is 133 Å². The van der Waals surface area contributed by atoms with E-state index in [9.17, 15) is 9.59 Å². The molecule has 22 heavy (non-hydrogen) atoms. The van der Waals surface area contributed by atoms with Crippen LogP contribution in [0.1, 0.15) is 51.7 Å². The van der Waals surface area contributed by atoms with Crippen LogP contribution >= 0.6 is 0 Å². The number of carbonyl (C=O) groups excluding carboxylic acids is 2. The first-order valence-corrected chi connectivity index (χ1v) is 8.00. The molecule has 0 aliphatic heterocycles. The molecule has 4 heteroatoms. The third kappa shape index (κ3) is 5.51. The number of hydrogen-bond acceptors (Lipinski definition) is 2. The molecule has 4 nitrogen and oxygen atoms in total. The van der Waals surface area contributed by atoms with Gasteiger partial charge in [0, 0.05) is 19.0 Å². The van der Waals surface area contributed by atoms with Crippen molar-refractivity contribution >= 4 is 11.8 Å². The minimum atomic E-state index is -0.470. The van der Waals surface area contributed by atoms with E-state index in [0.29, 0.717) is 13.0 Å². The van der Waals surface area contributed by atoms with E-state index in [4.69, 9.17) is 0 Å². The molecule has 1 aromatic carbocycles. The lowest BCUT2D eigenvalue weighted by molar-refractivity contribution is -0.140. The Balaban J connectivity index is 2.92. The zero-order chi connectivity index (χ0) is 16.7. The molecular formula is C18H28N2O2. The molecule has 0 heterocycles. The number of amides is 2. The van der Waals surface area contributed by atoms with Gasteiger partial charge in [0.05, 0.1) is 0 Å². The molecule has 1 aromatic rings. The maximum Gasteiger partial charge on any atom is 0.242 e. The summed E-state index contributed by atoms with van der Waals surface area (Å²) in [5.74, 6) is -0.0810.